The molecule has 1 rings (SSSR count). The molecule has 0 radical (unpaired) electrons. The topological polar surface area (TPSA) is 78.4 Å². The highest BCUT2D eigenvalue weighted by molar-refractivity contribution is 5.90. The number of carbonyl (C=O) groups is 2. The van der Waals surface area contributed by atoms with Gasteiger partial charge in [0.15, 0.2) is 0 Å². The molecule has 0 saturated carbocycles. The molecule has 0 spiro atoms. The van der Waals surface area contributed by atoms with E-state index in [1.807, 2.05) is 26.0 Å². The molecule has 0 aliphatic heterocycles. The summed E-state index contributed by atoms with van der Waals surface area (Å²) in [7, 11) is 0. The molecule has 5 nitrogen and oxygen atoms in total. The number of hydrogen-bond donors (Lipinski definition) is 3. The van der Waals surface area contributed by atoms with Crippen molar-refractivity contribution in [3.05, 3.63) is 29.8 Å². The Hall–Kier alpha value is -1.88. The molecule has 1 unspecified atom stereocenters. The smallest absolute Gasteiger partial charge is 0.224 e. The van der Waals surface area contributed by atoms with Gasteiger partial charge in [0.1, 0.15) is 0 Å². The lowest BCUT2D eigenvalue weighted by Crippen LogP contribution is -2.37. The largest absolute Gasteiger partial charge is 0.394 e. The number of aliphatic hydroxyl groups is 1. The van der Waals surface area contributed by atoms with Gasteiger partial charge in [-0.2, -0.15) is 0 Å². The maximum Gasteiger partial charge on any atom is 0.224 e. The Kier molecular flexibility index (Phi) is 7.46. The van der Waals surface area contributed by atoms with Crippen LogP contribution in [-0.4, -0.2) is 29.6 Å². The van der Waals surface area contributed by atoms with Crippen LogP contribution in [0.5, 0.6) is 0 Å². The highest BCUT2D eigenvalue weighted by Gasteiger charge is 2.09. The summed E-state index contributed by atoms with van der Waals surface area (Å²) in [5.41, 5.74) is 1.60. The van der Waals surface area contributed by atoms with Crippen molar-refractivity contribution < 1.29 is 14.7 Å². The van der Waals surface area contributed by atoms with E-state index in [0.29, 0.717) is 12.8 Å². The Balaban J connectivity index is 2.50. The third kappa shape index (κ3) is 6.40. The van der Waals surface area contributed by atoms with Gasteiger partial charge in [-0.3, -0.25) is 9.59 Å². The van der Waals surface area contributed by atoms with Crippen molar-refractivity contribution in [3.8, 4) is 0 Å². The minimum atomic E-state index is -0.190. The van der Waals surface area contributed by atoms with E-state index in [4.69, 9.17) is 5.11 Å². The van der Waals surface area contributed by atoms with E-state index in [0.717, 1.165) is 17.7 Å². The van der Waals surface area contributed by atoms with Gasteiger partial charge < -0.3 is 15.7 Å². The Morgan fingerprint density at radius 2 is 1.81 bits per heavy atom. The Morgan fingerprint density at radius 1 is 1.14 bits per heavy atom. The van der Waals surface area contributed by atoms with Gasteiger partial charge in [-0.05, 0) is 30.5 Å². The summed E-state index contributed by atoms with van der Waals surface area (Å²) in [6.45, 7) is 3.82. The van der Waals surface area contributed by atoms with Crippen LogP contribution in [0.3, 0.4) is 0 Å². The fourth-order valence-corrected chi connectivity index (χ4v) is 1.90. The molecule has 3 N–H and O–H groups in total. The van der Waals surface area contributed by atoms with E-state index < -0.39 is 0 Å². The van der Waals surface area contributed by atoms with Crippen LogP contribution in [0.1, 0.15) is 38.7 Å². The molecular weight excluding hydrogens is 268 g/mol. The third-order valence-corrected chi connectivity index (χ3v) is 3.16. The maximum atomic E-state index is 11.8. The van der Waals surface area contributed by atoms with E-state index in [9.17, 15) is 9.59 Å². The minimum Gasteiger partial charge on any atom is -0.394 e. The molecule has 1 aromatic carbocycles. The van der Waals surface area contributed by atoms with Crippen LogP contribution >= 0.6 is 0 Å². The summed E-state index contributed by atoms with van der Waals surface area (Å²) in [5.74, 6) is -0.115. The van der Waals surface area contributed by atoms with Crippen molar-refractivity contribution in [2.24, 2.45) is 0 Å². The zero-order valence-electron chi connectivity index (χ0n) is 12.7. The summed E-state index contributed by atoms with van der Waals surface area (Å²) < 4.78 is 0. The van der Waals surface area contributed by atoms with Crippen molar-refractivity contribution in [1.29, 1.82) is 0 Å². The highest BCUT2D eigenvalue weighted by Crippen LogP contribution is 2.11. The van der Waals surface area contributed by atoms with Gasteiger partial charge in [0, 0.05) is 12.1 Å². The van der Waals surface area contributed by atoms with Crippen molar-refractivity contribution in [3.63, 3.8) is 0 Å². The van der Waals surface area contributed by atoms with E-state index in [2.05, 4.69) is 10.6 Å². The van der Waals surface area contributed by atoms with Crippen LogP contribution in [0.2, 0.25) is 0 Å². The summed E-state index contributed by atoms with van der Waals surface area (Å²) in [5, 5.41) is 14.6. The van der Waals surface area contributed by atoms with E-state index >= 15 is 0 Å². The van der Waals surface area contributed by atoms with Gasteiger partial charge in [-0.1, -0.05) is 26.0 Å². The van der Waals surface area contributed by atoms with Crippen LogP contribution in [0, 0.1) is 0 Å². The summed E-state index contributed by atoms with van der Waals surface area (Å²) in [6.07, 6.45) is 2.28. The van der Waals surface area contributed by atoms with Crippen molar-refractivity contribution >= 4 is 17.5 Å². The molecular formula is C16H24N2O3. The summed E-state index contributed by atoms with van der Waals surface area (Å²) in [4.78, 5) is 23.3. The number of benzene rings is 1. The molecule has 0 aliphatic rings. The predicted octanol–water partition coefficient (Wildman–Crippen LogP) is 1.85. The molecule has 0 heterocycles. The predicted molar refractivity (Wildman–Crippen MR) is 83.0 cm³/mol. The fourth-order valence-electron chi connectivity index (χ4n) is 1.90. The standard InChI is InChI=1S/C16H24N2O3/c1-3-5-15(20)18-14-8-6-12(7-9-14)10-16(21)17-13(4-2)11-19/h6-9,13,19H,3-5,10-11H2,1-2H3,(H,17,21)(H,18,20). The zero-order chi connectivity index (χ0) is 15.7. The average Bonchev–Trinajstić information content (AvgIpc) is 2.47. The number of amides is 2. The molecule has 1 atom stereocenters. The van der Waals surface area contributed by atoms with Gasteiger partial charge in [0.2, 0.25) is 11.8 Å². The molecule has 1 aromatic rings. The number of rotatable bonds is 8. The molecule has 2 amide bonds. The lowest BCUT2D eigenvalue weighted by molar-refractivity contribution is -0.121. The Morgan fingerprint density at radius 3 is 2.33 bits per heavy atom. The van der Waals surface area contributed by atoms with Gasteiger partial charge in [0.05, 0.1) is 19.1 Å². The van der Waals surface area contributed by atoms with E-state index in [-0.39, 0.29) is 30.9 Å². The number of nitrogens with one attached hydrogen (secondary N) is 2. The maximum absolute atomic E-state index is 11.8. The van der Waals surface area contributed by atoms with Gasteiger partial charge in [0.25, 0.3) is 0 Å². The van der Waals surface area contributed by atoms with Crippen LogP contribution in [0.15, 0.2) is 24.3 Å². The molecule has 21 heavy (non-hydrogen) atoms. The van der Waals surface area contributed by atoms with E-state index in [1.54, 1.807) is 12.1 Å². The molecule has 5 heteroatoms. The van der Waals surface area contributed by atoms with Crippen LogP contribution in [-0.2, 0) is 16.0 Å². The first kappa shape index (κ1) is 17.2. The second kappa shape index (κ2) is 9.13. The quantitative estimate of drug-likeness (QED) is 0.684. The van der Waals surface area contributed by atoms with Crippen LogP contribution in [0.4, 0.5) is 5.69 Å². The second-order valence-corrected chi connectivity index (χ2v) is 5.03. The van der Waals surface area contributed by atoms with Crippen molar-refractivity contribution in [2.75, 3.05) is 11.9 Å². The fraction of sp³-hybridized carbons (Fsp3) is 0.500. The molecule has 0 fully saturated rings. The number of carbonyl (C=O) groups excluding carboxylic acids is 2. The normalized spacial score (nSPS) is 11.8. The molecule has 0 aromatic heterocycles. The number of hydrogen-bond acceptors (Lipinski definition) is 3. The molecule has 0 bridgehead atoms. The number of aliphatic hydroxyl groups excluding tert-OH is 1. The van der Waals surface area contributed by atoms with Gasteiger partial charge in [-0.15, -0.1) is 0 Å². The van der Waals surface area contributed by atoms with Crippen molar-refractivity contribution in [2.45, 2.75) is 45.6 Å². The second-order valence-electron chi connectivity index (χ2n) is 5.03. The SMILES string of the molecule is CCCC(=O)Nc1ccc(CC(=O)NC(CC)CO)cc1. The zero-order valence-corrected chi connectivity index (χ0v) is 12.7. The summed E-state index contributed by atoms with van der Waals surface area (Å²) in [6, 6.07) is 7.03. The summed E-state index contributed by atoms with van der Waals surface area (Å²) >= 11 is 0. The average molecular weight is 292 g/mol. The third-order valence-electron chi connectivity index (χ3n) is 3.16. The molecule has 0 aliphatic carbocycles. The van der Waals surface area contributed by atoms with Gasteiger partial charge in [-0.25, -0.2) is 0 Å². The molecule has 0 saturated heterocycles. The molecule has 116 valence electrons. The van der Waals surface area contributed by atoms with Gasteiger partial charge >= 0.3 is 0 Å². The first-order chi connectivity index (χ1) is 10.1. The Bertz CT molecular complexity index is 453. The lowest BCUT2D eigenvalue weighted by Gasteiger charge is -2.14. The van der Waals surface area contributed by atoms with Crippen LogP contribution < -0.4 is 10.6 Å². The van der Waals surface area contributed by atoms with Crippen molar-refractivity contribution in [1.82, 2.24) is 5.32 Å². The minimum absolute atomic E-state index is 0.00303. The van der Waals surface area contributed by atoms with Crippen LogP contribution in [0.25, 0.3) is 0 Å². The first-order valence-corrected chi connectivity index (χ1v) is 7.38. The lowest BCUT2D eigenvalue weighted by atomic mass is 10.1. The first-order valence-electron chi connectivity index (χ1n) is 7.38. The van der Waals surface area contributed by atoms with E-state index in [1.165, 1.54) is 0 Å². The highest BCUT2D eigenvalue weighted by atomic mass is 16.3. The Labute approximate surface area is 125 Å². The monoisotopic (exact) mass is 292 g/mol. The number of anilines is 1.